The lowest BCUT2D eigenvalue weighted by Crippen LogP contribution is -2.20. The smallest absolute Gasteiger partial charge is 0.341 e. The van der Waals surface area contributed by atoms with Crippen molar-refractivity contribution in [2.75, 3.05) is 12.4 Å². The average molecular weight is 429 g/mol. The molecule has 2 aromatic heterocycles. The van der Waals surface area contributed by atoms with Crippen molar-refractivity contribution in [1.82, 2.24) is 4.57 Å². The van der Waals surface area contributed by atoms with E-state index in [1.54, 1.807) is 29.5 Å². The summed E-state index contributed by atoms with van der Waals surface area (Å²) in [6, 6.07) is 11.0. The minimum absolute atomic E-state index is 0.122. The minimum atomic E-state index is -0.542. The summed E-state index contributed by atoms with van der Waals surface area (Å²) in [5.41, 5.74) is 7.67. The van der Waals surface area contributed by atoms with Crippen molar-refractivity contribution in [3.05, 3.63) is 70.4 Å². The molecule has 0 spiro atoms. The quantitative estimate of drug-likeness (QED) is 0.582. The predicted octanol–water partition coefficient (Wildman–Crippen LogP) is 3.55. The molecule has 3 heterocycles. The van der Waals surface area contributed by atoms with Crippen molar-refractivity contribution in [3.8, 4) is 10.8 Å². The molecule has 3 aromatic rings. The molecule has 0 aliphatic carbocycles. The fourth-order valence-electron chi connectivity index (χ4n) is 3.18. The van der Waals surface area contributed by atoms with Crippen LogP contribution in [0.4, 0.5) is 0 Å². The molecule has 29 heavy (non-hydrogen) atoms. The third-order valence-corrected chi connectivity index (χ3v) is 6.91. The molecule has 1 aromatic carbocycles. The number of primary amides is 1. The third-order valence-electron chi connectivity index (χ3n) is 4.49. The number of aromatic nitrogens is 1. The van der Waals surface area contributed by atoms with Gasteiger partial charge in [0.15, 0.2) is 6.61 Å². The van der Waals surface area contributed by atoms with E-state index in [1.165, 1.54) is 4.88 Å². The van der Waals surface area contributed by atoms with Gasteiger partial charge in [-0.25, -0.2) is 4.79 Å². The summed E-state index contributed by atoms with van der Waals surface area (Å²) in [7, 11) is 0. The second kappa shape index (κ2) is 8.75. The highest BCUT2D eigenvalue weighted by molar-refractivity contribution is 7.98. The molecule has 0 saturated heterocycles. The van der Waals surface area contributed by atoms with Gasteiger partial charge in [-0.1, -0.05) is 12.1 Å². The maximum absolute atomic E-state index is 13.0. The number of thiophene rings is 1. The van der Waals surface area contributed by atoms with Crippen LogP contribution in [0.3, 0.4) is 0 Å². The maximum atomic E-state index is 13.0. The number of carbonyl (C=O) groups excluding carboxylic acids is 2. The zero-order valence-electron chi connectivity index (χ0n) is 15.6. The van der Waals surface area contributed by atoms with E-state index in [4.69, 9.17) is 15.2 Å². The second-order valence-corrected chi connectivity index (χ2v) is 8.74. The van der Waals surface area contributed by atoms with Gasteiger partial charge in [-0.15, -0.1) is 11.3 Å². The van der Waals surface area contributed by atoms with Crippen LogP contribution in [0.5, 0.6) is 5.75 Å². The van der Waals surface area contributed by atoms with Crippen LogP contribution < -0.4 is 10.5 Å². The highest BCUT2D eigenvalue weighted by atomic mass is 32.2. The molecule has 0 saturated carbocycles. The first-order valence-electron chi connectivity index (χ1n) is 9.14. The molecule has 4 rings (SSSR count). The number of amides is 1. The van der Waals surface area contributed by atoms with Crippen molar-refractivity contribution in [1.29, 1.82) is 0 Å². The molecule has 0 fully saturated rings. The number of fused-ring (bicyclic) bond motifs is 1. The molecule has 1 aliphatic rings. The van der Waals surface area contributed by atoms with Gasteiger partial charge in [0.05, 0.1) is 5.56 Å². The Kier molecular flexibility index (Phi) is 5.92. The number of thioether (sulfide) groups is 1. The van der Waals surface area contributed by atoms with Gasteiger partial charge >= 0.3 is 5.97 Å². The fraction of sp³-hybridized carbons (Fsp3) is 0.238. The first kappa shape index (κ1) is 19.6. The van der Waals surface area contributed by atoms with Gasteiger partial charge in [0.25, 0.3) is 5.91 Å². The summed E-state index contributed by atoms with van der Waals surface area (Å²) in [4.78, 5) is 25.2. The van der Waals surface area contributed by atoms with Crippen LogP contribution in [0.15, 0.2) is 48.8 Å². The molecular weight excluding hydrogens is 408 g/mol. The van der Waals surface area contributed by atoms with E-state index >= 15 is 0 Å². The summed E-state index contributed by atoms with van der Waals surface area (Å²) in [5.74, 6) is 1.59. The monoisotopic (exact) mass is 428 g/mol. The number of nitrogens with two attached hydrogens (primary N) is 1. The van der Waals surface area contributed by atoms with E-state index in [9.17, 15) is 9.59 Å². The molecule has 2 N–H and O–H groups in total. The van der Waals surface area contributed by atoms with E-state index in [2.05, 4.69) is 0 Å². The summed E-state index contributed by atoms with van der Waals surface area (Å²) < 4.78 is 12.9. The Morgan fingerprint density at radius 2 is 2.00 bits per heavy atom. The Hall–Kier alpha value is -2.71. The Labute approximate surface area is 176 Å². The molecule has 0 unspecified atom stereocenters. The summed E-state index contributed by atoms with van der Waals surface area (Å²) >= 11 is 3.55. The number of hydrogen-bond acceptors (Lipinski definition) is 6. The largest absolute Gasteiger partial charge is 0.484 e. The number of rotatable bonds is 7. The Balaban J connectivity index is 1.53. The number of nitrogens with zero attached hydrogens (tertiary/aromatic N) is 1. The number of carbonyl (C=O) groups is 2. The molecule has 0 radical (unpaired) electrons. The summed E-state index contributed by atoms with van der Waals surface area (Å²) in [6.45, 7) is -0.0698. The van der Waals surface area contributed by atoms with Crippen LogP contribution in [0, 0.1) is 0 Å². The molecule has 150 valence electrons. The van der Waals surface area contributed by atoms with E-state index in [-0.39, 0.29) is 19.2 Å². The van der Waals surface area contributed by atoms with E-state index in [1.807, 2.05) is 46.9 Å². The molecule has 0 bridgehead atoms. The molecule has 1 amide bonds. The van der Waals surface area contributed by atoms with Crippen molar-refractivity contribution in [2.45, 2.75) is 18.8 Å². The molecule has 6 nitrogen and oxygen atoms in total. The van der Waals surface area contributed by atoms with E-state index < -0.39 is 5.91 Å². The Morgan fingerprint density at radius 1 is 1.17 bits per heavy atom. The van der Waals surface area contributed by atoms with Crippen LogP contribution in [-0.2, 0) is 28.3 Å². The number of benzene rings is 1. The SMILES string of the molecule is NC(=O)COc1cccc(COC(=O)c2c(-n3cccc3)sc3c2CCSC3)c1. The van der Waals surface area contributed by atoms with E-state index in [0.29, 0.717) is 11.3 Å². The van der Waals surface area contributed by atoms with Gasteiger partial charge < -0.3 is 19.8 Å². The lowest BCUT2D eigenvalue weighted by molar-refractivity contribution is -0.119. The summed E-state index contributed by atoms with van der Waals surface area (Å²) in [5, 5.41) is 0.908. The number of ether oxygens (including phenoxy) is 2. The standard InChI is InChI=1S/C21H20N2O4S2/c22-18(24)12-26-15-5-3-4-14(10-15)11-27-21(25)19-16-6-9-28-13-17(16)29-20(19)23-7-1-2-8-23/h1-5,7-8,10H,6,9,11-13H2,(H2,22,24). The minimum Gasteiger partial charge on any atom is -0.484 e. The topological polar surface area (TPSA) is 83.6 Å². The Morgan fingerprint density at radius 3 is 2.79 bits per heavy atom. The second-order valence-electron chi connectivity index (χ2n) is 6.56. The van der Waals surface area contributed by atoms with Gasteiger partial charge in [-0.05, 0) is 47.6 Å². The fourth-order valence-corrected chi connectivity index (χ4v) is 5.62. The van der Waals surface area contributed by atoms with Crippen LogP contribution in [0.25, 0.3) is 5.00 Å². The van der Waals surface area contributed by atoms with Gasteiger partial charge in [0, 0.05) is 23.0 Å². The molecule has 8 heteroatoms. The van der Waals surface area contributed by atoms with Crippen LogP contribution in [0.2, 0.25) is 0 Å². The van der Waals surface area contributed by atoms with Gasteiger partial charge in [0.1, 0.15) is 17.4 Å². The maximum Gasteiger partial charge on any atom is 0.341 e. The van der Waals surface area contributed by atoms with Crippen molar-refractivity contribution in [3.63, 3.8) is 0 Å². The zero-order valence-corrected chi connectivity index (χ0v) is 17.3. The van der Waals surface area contributed by atoms with Gasteiger partial charge in [-0.2, -0.15) is 11.8 Å². The van der Waals surface area contributed by atoms with Crippen molar-refractivity contribution < 1.29 is 19.1 Å². The number of hydrogen-bond donors (Lipinski definition) is 1. The highest BCUT2D eigenvalue weighted by Gasteiger charge is 2.27. The average Bonchev–Trinajstić information content (AvgIpc) is 3.38. The van der Waals surface area contributed by atoms with Crippen LogP contribution in [-0.4, -0.2) is 28.8 Å². The zero-order chi connectivity index (χ0) is 20.2. The van der Waals surface area contributed by atoms with Crippen LogP contribution >= 0.6 is 23.1 Å². The molecule has 1 aliphatic heterocycles. The normalized spacial score (nSPS) is 13.0. The molecular formula is C21H20N2O4S2. The van der Waals surface area contributed by atoms with E-state index in [0.717, 1.165) is 34.1 Å². The third kappa shape index (κ3) is 4.49. The first-order valence-corrected chi connectivity index (χ1v) is 11.1. The van der Waals surface area contributed by atoms with Gasteiger partial charge in [-0.3, -0.25) is 4.79 Å². The Bertz CT molecular complexity index is 1030. The first-order chi connectivity index (χ1) is 14.1. The summed E-state index contributed by atoms with van der Waals surface area (Å²) in [6.07, 6.45) is 4.76. The lowest BCUT2D eigenvalue weighted by atomic mass is 10.1. The highest BCUT2D eigenvalue weighted by Crippen LogP contribution is 2.38. The predicted molar refractivity (Wildman–Crippen MR) is 114 cm³/mol. The van der Waals surface area contributed by atoms with Crippen molar-refractivity contribution in [2.24, 2.45) is 5.73 Å². The van der Waals surface area contributed by atoms with Crippen LogP contribution in [0.1, 0.15) is 26.4 Å². The van der Waals surface area contributed by atoms with Gasteiger partial charge in [0.2, 0.25) is 0 Å². The number of esters is 1. The van der Waals surface area contributed by atoms with Crippen molar-refractivity contribution >= 4 is 35.0 Å². The molecule has 0 atom stereocenters. The lowest BCUT2D eigenvalue weighted by Gasteiger charge is -2.13.